The molecule has 17 heavy (non-hydrogen) atoms. The minimum Gasteiger partial charge on any atom is -0.462 e. The molecule has 0 N–H and O–H groups in total. The molecule has 0 unspecified atom stereocenters. The molecular weight excluding hydrogens is 288 g/mol. The molecule has 0 amide bonds. The van der Waals surface area contributed by atoms with Gasteiger partial charge in [-0.25, -0.2) is 4.79 Å². The molecule has 0 bridgehead atoms. The molecule has 0 rings (SSSR count). The normalized spacial score (nSPS) is 13.5. The lowest BCUT2D eigenvalue weighted by Crippen LogP contribution is -2.22. The molecule has 98 valence electrons. The lowest BCUT2D eigenvalue weighted by molar-refractivity contribution is -0.148. The number of hydrogen-bond donors (Lipinski definition) is 0. The van der Waals surface area contributed by atoms with Gasteiger partial charge in [-0.1, -0.05) is 22.0 Å². The highest BCUT2D eigenvalue weighted by molar-refractivity contribution is 9.09. The summed E-state index contributed by atoms with van der Waals surface area (Å²) in [4.78, 5) is 22.2. The lowest BCUT2D eigenvalue weighted by Gasteiger charge is -2.18. The number of esters is 2. The van der Waals surface area contributed by atoms with Gasteiger partial charge in [-0.2, -0.15) is 0 Å². The van der Waals surface area contributed by atoms with Gasteiger partial charge in [0.1, 0.15) is 17.0 Å². The summed E-state index contributed by atoms with van der Waals surface area (Å²) in [5, 5.41) is 0.174. The molecule has 0 saturated carbocycles. The van der Waals surface area contributed by atoms with Crippen molar-refractivity contribution in [3.63, 3.8) is 0 Å². The highest BCUT2D eigenvalue weighted by atomic mass is 79.9. The second-order valence-electron chi connectivity index (χ2n) is 4.61. The van der Waals surface area contributed by atoms with Crippen molar-refractivity contribution in [2.45, 2.75) is 45.8 Å². The molecule has 0 aliphatic heterocycles. The summed E-state index contributed by atoms with van der Waals surface area (Å²) in [7, 11) is 0. The van der Waals surface area contributed by atoms with Crippen molar-refractivity contribution >= 4 is 27.9 Å². The van der Waals surface area contributed by atoms with E-state index in [0.29, 0.717) is 6.42 Å². The molecule has 0 saturated heterocycles. The molecule has 0 aromatic rings. The Morgan fingerprint density at radius 1 is 1.35 bits per heavy atom. The predicted octanol–water partition coefficient (Wildman–Crippen LogP) is 2.60. The van der Waals surface area contributed by atoms with Crippen molar-refractivity contribution in [2.75, 3.05) is 5.33 Å². The van der Waals surface area contributed by atoms with Crippen LogP contribution in [0.25, 0.3) is 0 Å². The molecule has 5 heteroatoms. The molecule has 0 radical (unpaired) electrons. The molecule has 0 aliphatic rings. The second-order valence-corrected chi connectivity index (χ2v) is 5.17. The van der Waals surface area contributed by atoms with E-state index in [1.807, 2.05) is 0 Å². The van der Waals surface area contributed by atoms with Crippen LogP contribution < -0.4 is 0 Å². The van der Waals surface area contributed by atoms with Crippen LogP contribution in [0.15, 0.2) is 12.2 Å². The van der Waals surface area contributed by atoms with Crippen LogP contribution >= 0.6 is 15.9 Å². The summed E-state index contributed by atoms with van der Waals surface area (Å²) in [5.74, 6) is -0.709. The van der Waals surface area contributed by atoms with Crippen LogP contribution in [-0.2, 0) is 19.1 Å². The zero-order valence-electron chi connectivity index (χ0n) is 10.7. The van der Waals surface area contributed by atoms with Gasteiger partial charge < -0.3 is 9.47 Å². The first-order valence-electron chi connectivity index (χ1n) is 5.39. The van der Waals surface area contributed by atoms with Gasteiger partial charge in [0.15, 0.2) is 0 Å². The first kappa shape index (κ1) is 16.2. The molecule has 0 spiro atoms. The molecule has 0 fully saturated rings. The minimum absolute atomic E-state index is 0.174. The number of hydrogen-bond acceptors (Lipinski definition) is 4. The first-order chi connectivity index (χ1) is 7.74. The predicted molar refractivity (Wildman–Crippen MR) is 69.0 cm³/mol. The Bertz CT molecular complexity index is 291. The van der Waals surface area contributed by atoms with Gasteiger partial charge in [0.05, 0.1) is 0 Å². The Hall–Kier alpha value is -0.840. The third-order valence-corrected chi connectivity index (χ3v) is 2.03. The molecule has 0 aromatic heterocycles. The second kappa shape index (κ2) is 7.48. The third kappa shape index (κ3) is 10.1. The van der Waals surface area contributed by atoms with E-state index < -0.39 is 11.6 Å². The largest absolute Gasteiger partial charge is 0.462 e. The molecular formula is C12H19BrO4. The van der Waals surface area contributed by atoms with Gasteiger partial charge in [0.2, 0.25) is 0 Å². The highest BCUT2D eigenvalue weighted by Gasteiger charge is 2.14. The van der Waals surface area contributed by atoms with Crippen LogP contribution in [0.5, 0.6) is 0 Å². The van der Waals surface area contributed by atoms with Crippen LogP contribution in [-0.4, -0.2) is 29.0 Å². The van der Waals surface area contributed by atoms with Gasteiger partial charge in [0, 0.05) is 12.5 Å². The fourth-order valence-electron chi connectivity index (χ4n) is 0.996. The summed E-state index contributed by atoms with van der Waals surface area (Å²) >= 11 is 3.00. The number of alkyl halides is 1. The van der Waals surface area contributed by atoms with E-state index in [1.165, 1.54) is 6.08 Å². The summed E-state index contributed by atoms with van der Waals surface area (Å²) in [6, 6.07) is 0. The average molecular weight is 307 g/mol. The zero-order valence-corrected chi connectivity index (χ0v) is 12.2. The lowest BCUT2D eigenvalue weighted by atomic mass is 10.2. The van der Waals surface area contributed by atoms with Crippen molar-refractivity contribution in [1.82, 2.24) is 0 Å². The summed E-state index contributed by atoms with van der Waals surface area (Å²) in [6.07, 6.45) is 3.22. The number of carbonyl (C=O) groups excluding carboxylic acids is 2. The molecule has 4 nitrogen and oxygen atoms in total. The number of rotatable bonds is 5. The summed E-state index contributed by atoms with van der Waals surface area (Å²) < 4.78 is 10.1. The standard InChI is InChI=1S/C12H19BrO4/c1-9(16-11(15)8-13)6-5-7-10(14)17-12(2,3)4/h5,7,9H,6,8H2,1-4H3/b7-5+/t9-/m1/s1. The average Bonchev–Trinajstić information content (AvgIpc) is 2.14. The van der Waals surface area contributed by atoms with Crippen LogP contribution in [0.2, 0.25) is 0 Å². The van der Waals surface area contributed by atoms with E-state index >= 15 is 0 Å². The van der Waals surface area contributed by atoms with Gasteiger partial charge in [0.25, 0.3) is 0 Å². The first-order valence-corrected chi connectivity index (χ1v) is 6.51. The van der Waals surface area contributed by atoms with Crippen molar-refractivity contribution in [3.8, 4) is 0 Å². The van der Waals surface area contributed by atoms with E-state index in [2.05, 4.69) is 15.9 Å². The Balaban J connectivity index is 3.94. The molecule has 0 aromatic carbocycles. The van der Waals surface area contributed by atoms with E-state index in [-0.39, 0.29) is 17.4 Å². The number of carbonyl (C=O) groups is 2. The fourth-order valence-corrected chi connectivity index (χ4v) is 1.13. The van der Waals surface area contributed by atoms with Crippen LogP contribution in [0.4, 0.5) is 0 Å². The Morgan fingerprint density at radius 3 is 2.41 bits per heavy atom. The van der Waals surface area contributed by atoms with Crippen molar-refractivity contribution < 1.29 is 19.1 Å². The Kier molecular flexibility index (Phi) is 7.11. The van der Waals surface area contributed by atoms with Gasteiger partial charge in [-0.3, -0.25) is 4.79 Å². The van der Waals surface area contributed by atoms with E-state index in [1.54, 1.807) is 33.8 Å². The molecule has 0 aliphatic carbocycles. The highest BCUT2D eigenvalue weighted by Crippen LogP contribution is 2.07. The maximum atomic E-state index is 11.3. The number of ether oxygens (including phenoxy) is 2. The van der Waals surface area contributed by atoms with Crippen molar-refractivity contribution in [3.05, 3.63) is 12.2 Å². The monoisotopic (exact) mass is 306 g/mol. The topological polar surface area (TPSA) is 52.6 Å². The van der Waals surface area contributed by atoms with Crippen LogP contribution in [0.3, 0.4) is 0 Å². The van der Waals surface area contributed by atoms with Gasteiger partial charge in [-0.05, 0) is 27.7 Å². The molecule has 1 atom stereocenters. The maximum absolute atomic E-state index is 11.3. The Morgan fingerprint density at radius 2 is 1.94 bits per heavy atom. The minimum atomic E-state index is -0.491. The smallest absolute Gasteiger partial charge is 0.330 e. The van der Waals surface area contributed by atoms with Crippen molar-refractivity contribution in [1.29, 1.82) is 0 Å². The summed E-state index contributed by atoms with van der Waals surface area (Å²) in [6.45, 7) is 7.18. The molecule has 0 heterocycles. The maximum Gasteiger partial charge on any atom is 0.330 e. The third-order valence-electron chi connectivity index (χ3n) is 1.57. The van der Waals surface area contributed by atoms with E-state index in [4.69, 9.17) is 9.47 Å². The zero-order chi connectivity index (χ0) is 13.5. The van der Waals surface area contributed by atoms with E-state index in [9.17, 15) is 9.59 Å². The van der Waals surface area contributed by atoms with Gasteiger partial charge >= 0.3 is 11.9 Å². The van der Waals surface area contributed by atoms with E-state index in [0.717, 1.165) is 0 Å². The fraction of sp³-hybridized carbons (Fsp3) is 0.667. The number of halogens is 1. The SMILES string of the molecule is C[C@H](C/C=C/C(=O)OC(C)(C)C)OC(=O)CBr. The van der Waals surface area contributed by atoms with Crippen LogP contribution in [0.1, 0.15) is 34.1 Å². The summed E-state index contributed by atoms with van der Waals surface area (Å²) in [5.41, 5.74) is -0.491. The van der Waals surface area contributed by atoms with Crippen LogP contribution in [0, 0.1) is 0 Å². The van der Waals surface area contributed by atoms with Crippen molar-refractivity contribution in [2.24, 2.45) is 0 Å². The van der Waals surface area contributed by atoms with Gasteiger partial charge in [-0.15, -0.1) is 0 Å². The Labute approximate surface area is 110 Å². The quantitative estimate of drug-likeness (QED) is 0.445.